The first-order valence-electron chi connectivity index (χ1n) is 6.24. The molecular weight excluding hydrogens is 250 g/mol. The Balaban J connectivity index is 2.40. The fraction of sp³-hybridized carbons (Fsp3) is 0.667. The van der Waals surface area contributed by atoms with Gasteiger partial charge in [-0.3, -0.25) is 9.59 Å². The Hall–Kier alpha value is -2.10. The van der Waals surface area contributed by atoms with Crippen molar-refractivity contribution in [2.45, 2.75) is 50.6 Å². The lowest BCUT2D eigenvalue weighted by Crippen LogP contribution is -2.48. The smallest absolute Gasteiger partial charge is 0.326 e. The van der Waals surface area contributed by atoms with E-state index in [-0.39, 0.29) is 18.7 Å². The van der Waals surface area contributed by atoms with Crippen LogP contribution in [-0.4, -0.2) is 35.0 Å². The van der Waals surface area contributed by atoms with Gasteiger partial charge in [0, 0.05) is 12.8 Å². The topological polar surface area (TPSA) is 119 Å². The molecule has 3 N–H and O–H groups in total. The van der Waals surface area contributed by atoms with Gasteiger partial charge in [-0.2, -0.15) is 5.26 Å². The predicted molar refractivity (Wildman–Crippen MR) is 64.8 cm³/mol. The van der Waals surface area contributed by atoms with Crippen LogP contribution in [0.3, 0.4) is 0 Å². The van der Waals surface area contributed by atoms with E-state index in [2.05, 4.69) is 10.6 Å². The number of carboxylic acids is 1. The summed E-state index contributed by atoms with van der Waals surface area (Å²) in [6.07, 6.45) is 2.50. The van der Waals surface area contributed by atoms with Crippen molar-refractivity contribution >= 4 is 17.8 Å². The SMILES string of the molecule is N#CCCCC[C@H](NC(=O)[C@H]1CCC(=O)N1)C(=O)O. The van der Waals surface area contributed by atoms with Crippen molar-refractivity contribution in [2.75, 3.05) is 0 Å². The van der Waals surface area contributed by atoms with E-state index in [0.717, 1.165) is 0 Å². The zero-order valence-electron chi connectivity index (χ0n) is 10.5. The van der Waals surface area contributed by atoms with Gasteiger partial charge in [0.05, 0.1) is 6.07 Å². The molecule has 1 rings (SSSR count). The monoisotopic (exact) mass is 267 g/mol. The summed E-state index contributed by atoms with van der Waals surface area (Å²) in [6.45, 7) is 0. The average Bonchev–Trinajstić information content (AvgIpc) is 2.79. The molecular formula is C12H17N3O4. The van der Waals surface area contributed by atoms with Gasteiger partial charge in [-0.1, -0.05) is 0 Å². The highest BCUT2D eigenvalue weighted by Crippen LogP contribution is 2.08. The van der Waals surface area contributed by atoms with Gasteiger partial charge in [-0.05, 0) is 25.7 Å². The number of rotatable bonds is 7. The summed E-state index contributed by atoms with van der Waals surface area (Å²) in [5.74, 6) is -1.76. The van der Waals surface area contributed by atoms with Gasteiger partial charge in [0.25, 0.3) is 0 Å². The standard InChI is InChI=1S/C12H17N3O4/c13-7-3-1-2-4-9(12(18)19)15-11(17)8-5-6-10(16)14-8/h8-9H,1-6H2,(H,14,16)(H,15,17)(H,18,19)/t8-,9+/m1/s1. The number of carbonyl (C=O) groups is 3. The van der Waals surface area contributed by atoms with Gasteiger partial charge in [0.1, 0.15) is 12.1 Å². The molecule has 0 unspecified atom stereocenters. The lowest BCUT2D eigenvalue weighted by Gasteiger charge is -2.17. The van der Waals surface area contributed by atoms with Crippen molar-refractivity contribution in [3.8, 4) is 6.07 Å². The molecule has 2 amide bonds. The van der Waals surface area contributed by atoms with Crippen LogP contribution in [0.15, 0.2) is 0 Å². The molecule has 2 atom stereocenters. The highest BCUT2D eigenvalue weighted by Gasteiger charge is 2.30. The van der Waals surface area contributed by atoms with E-state index in [1.165, 1.54) is 0 Å². The third-order valence-corrected chi connectivity index (χ3v) is 2.96. The van der Waals surface area contributed by atoms with E-state index in [9.17, 15) is 14.4 Å². The Morgan fingerprint density at radius 1 is 1.53 bits per heavy atom. The molecule has 0 bridgehead atoms. The summed E-state index contributed by atoms with van der Waals surface area (Å²) >= 11 is 0. The first kappa shape index (κ1) is 15.0. The van der Waals surface area contributed by atoms with Crippen LogP contribution in [0.2, 0.25) is 0 Å². The number of hydrogen-bond donors (Lipinski definition) is 3. The molecule has 0 spiro atoms. The third kappa shape index (κ3) is 4.95. The average molecular weight is 267 g/mol. The predicted octanol–water partition coefficient (Wildman–Crippen LogP) is -0.0816. The Morgan fingerprint density at radius 3 is 2.79 bits per heavy atom. The van der Waals surface area contributed by atoms with E-state index in [4.69, 9.17) is 10.4 Å². The molecule has 0 aromatic heterocycles. The number of aliphatic carboxylic acids is 1. The van der Waals surface area contributed by atoms with E-state index in [1.807, 2.05) is 6.07 Å². The summed E-state index contributed by atoms with van der Waals surface area (Å²) in [6, 6.07) is 0.379. The van der Waals surface area contributed by atoms with Gasteiger partial charge in [-0.15, -0.1) is 0 Å². The second-order valence-electron chi connectivity index (χ2n) is 4.46. The number of nitrogens with one attached hydrogen (secondary N) is 2. The van der Waals surface area contributed by atoms with Crippen LogP contribution in [0.25, 0.3) is 0 Å². The summed E-state index contributed by atoms with van der Waals surface area (Å²) in [5, 5.41) is 22.3. The number of unbranched alkanes of at least 4 members (excludes halogenated alkanes) is 2. The zero-order chi connectivity index (χ0) is 14.3. The number of nitriles is 1. The van der Waals surface area contributed by atoms with Gasteiger partial charge in [0.15, 0.2) is 0 Å². The zero-order valence-corrected chi connectivity index (χ0v) is 10.5. The van der Waals surface area contributed by atoms with Crippen LogP contribution in [0.5, 0.6) is 0 Å². The molecule has 7 nitrogen and oxygen atoms in total. The molecule has 1 fully saturated rings. The summed E-state index contributed by atoms with van der Waals surface area (Å²) < 4.78 is 0. The van der Waals surface area contributed by atoms with Crippen molar-refractivity contribution in [2.24, 2.45) is 0 Å². The minimum absolute atomic E-state index is 0.193. The Labute approximate surface area is 111 Å². The maximum absolute atomic E-state index is 11.8. The molecule has 0 aromatic rings. The lowest BCUT2D eigenvalue weighted by atomic mass is 10.1. The summed E-state index contributed by atoms with van der Waals surface area (Å²) in [4.78, 5) is 33.7. The van der Waals surface area contributed by atoms with Crippen molar-refractivity contribution in [1.29, 1.82) is 5.26 Å². The largest absolute Gasteiger partial charge is 0.480 e. The van der Waals surface area contributed by atoms with Crippen molar-refractivity contribution in [1.82, 2.24) is 10.6 Å². The first-order chi connectivity index (χ1) is 9.04. The number of amides is 2. The Morgan fingerprint density at radius 2 is 2.26 bits per heavy atom. The van der Waals surface area contributed by atoms with Crippen molar-refractivity contribution in [3.63, 3.8) is 0 Å². The minimum atomic E-state index is -1.10. The van der Waals surface area contributed by atoms with Crippen molar-refractivity contribution < 1.29 is 19.5 Å². The van der Waals surface area contributed by atoms with Gasteiger partial charge >= 0.3 is 5.97 Å². The molecule has 1 aliphatic rings. The van der Waals surface area contributed by atoms with Gasteiger partial charge < -0.3 is 15.7 Å². The molecule has 7 heteroatoms. The second-order valence-corrected chi connectivity index (χ2v) is 4.46. The lowest BCUT2D eigenvalue weighted by molar-refractivity contribution is -0.142. The van der Waals surface area contributed by atoms with E-state index >= 15 is 0 Å². The van der Waals surface area contributed by atoms with E-state index in [0.29, 0.717) is 25.7 Å². The number of carboxylic acid groups (broad SMARTS) is 1. The molecule has 104 valence electrons. The number of carbonyl (C=O) groups excluding carboxylic acids is 2. The fourth-order valence-electron chi connectivity index (χ4n) is 1.89. The maximum Gasteiger partial charge on any atom is 0.326 e. The van der Waals surface area contributed by atoms with Crippen LogP contribution >= 0.6 is 0 Å². The molecule has 0 aliphatic carbocycles. The molecule has 0 saturated carbocycles. The maximum atomic E-state index is 11.8. The quantitative estimate of drug-likeness (QED) is 0.557. The van der Waals surface area contributed by atoms with Crippen LogP contribution < -0.4 is 10.6 Å². The highest BCUT2D eigenvalue weighted by molar-refractivity contribution is 5.92. The highest BCUT2D eigenvalue weighted by atomic mass is 16.4. The fourth-order valence-corrected chi connectivity index (χ4v) is 1.89. The Kier molecular flexibility index (Phi) is 5.79. The second kappa shape index (κ2) is 7.36. The van der Waals surface area contributed by atoms with Crippen LogP contribution in [0.1, 0.15) is 38.5 Å². The molecule has 1 aliphatic heterocycles. The number of nitrogens with zero attached hydrogens (tertiary/aromatic N) is 1. The summed E-state index contributed by atoms with van der Waals surface area (Å²) in [5.41, 5.74) is 0. The van der Waals surface area contributed by atoms with E-state index < -0.39 is 24.0 Å². The minimum Gasteiger partial charge on any atom is -0.480 e. The third-order valence-electron chi connectivity index (χ3n) is 2.96. The van der Waals surface area contributed by atoms with E-state index in [1.54, 1.807) is 0 Å². The number of hydrogen-bond acceptors (Lipinski definition) is 4. The van der Waals surface area contributed by atoms with Crippen molar-refractivity contribution in [3.05, 3.63) is 0 Å². The molecule has 19 heavy (non-hydrogen) atoms. The molecule has 0 radical (unpaired) electrons. The van der Waals surface area contributed by atoms with Crippen LogP contribution in [-0.2, 0) is 14.4 Å². The van der Waals surface area contributed by atoms with Gasteiger partial charge in [0.2, 0.25) is 11.8 Å². The molecule has 1 saturated heterocycles. The Bertz CT molecular complexity index is 402. The van der Waals surface area contributed by atoms with Gasteiger partial charge in [-0.25, -0.2) is 4.79 Å². The molecule has 1 heterocycles. The molecule has 0 aromatic carbocycles. The van der Waals surface area contributed by atoms with Crippen LogP contribution in [0.4, 0.5) is 0 Å². The summed E-state index contributed by atoms with van der Waals surface area (Å²) in [7, 11) is 0. The van der Waals surface area contributed by atoms with Crippen LogP contribution in [0, 0.1) is 11.3 Å². The first-order valence-corrected chi connectivity index (χ1v) is 6.24. The normalized spacial score (nSPS) is 19.3.